The van der Waals surface area contributed by atoms with Gasteiger partial charge in [0.25, 0.3) is 0 Å². The van der Waals surface area contributed by atoms with E-state index in [0.29, 0.717) is 13.1 Å². The minimum Gasteiger partial charge on any atom is -0.370 e. The molecule has 130 valence electrons. The van der Waals surface area contributed by atoms with Crippen LogP contribution in [0.4, 0.5) is 4.39 Å². The van der Waals surface area contributed by atoms with Gasteiger partial charge in [-0.1, -0.05) is 42.5 Å². The number of carbonyl (C=O) groups excluding carboxylic acids is 2. The van der Waals surface area contributed by atoms with Crippen molar-refractivity contribution in [2.45, 2.75) is 25.3 Å². The van der Waals surface area contributed by atoms with Crippen LogP contribution in [0.5, 0.6) is 0 Å². The van der Waals surface area contributed by atoms with Gasteiger partial charge < -0.3 is 10.6 Å². The Labute approximate surface area is 146 Å². The molecule has 2 atom stereocenters. The zero-order valence-corrected chi connectivity index (χ0v) is 13.9. The second-order valence-corrected chi connectivity index (χ2v) is 6.46. The van der Waals surface area contributed by atoms with E-state index in [1.807, 2.05) is 30.3 Å². The highest BCUT2D eigenvalue weighted by molar-refractivity contribution is 5.83. The minimum absolute atomic E-state index is 0.0272. The maximum atomic E-state index is 13.1. The number of halogens is 1. The molecule has 0 aliphatic heterocycles. The summed E-state index contributed by atoms with van der Waals surface area (Å²) in [5.41, 5.74) is 7.24. The van der Waals surface area contributed by atoms with Gasteiger partial charge in [0.2, 0.25) is 11.8 Å². The Hall–Kier alpha value is -2.69. The first kappa shape index (κ1) is 17.1. The molecule has 2 aromatic rings. The van der Waals surface area contributed by atoms with E-state index in [1.165, 1.54) is 12.1 Å². The summed E-state index contributed by atoms with van der Waals surface area (Å²) >= 11 is 0. The fraction of sp³-hybridized carbons (Fsp3) is 0.300. The second kappa shape index (κ2) is 7.47. The Bertz CT molecular complexity index is 746. The van der Waals surface area contributed by atoms with E-state index in [-0.39, 0.29) is 30.0 Å². The van der Waals surface area contributed by atoms with Crippen LogP contribution in [0, 0.1) is 11.7 Å². The molecule has 0 spiro atoms. The van der Waals surface area contributed by atoms with E-state index in [0.717, 1.165) is 17.5 Å². The zero-order chi connectivity index (χ0) is 17.8. The van der Waals surface area contributed by atoms with E-state index < -0.39 is 5.91 Å². The van der Waals surface area contributed by atoms with Crippen LogP contribution in [0.15, 0.2) is 54.6 Å². The van der Waals surface area contributed by atoms with Crippen LogP contribution in [-0.4, -0.2) is 23.3 Å². The van der Waals surface area contributed by atoms with Crippen LogP contribution < -0.4 is 5.73 Å². The van der Waals surface area contributed by atoms with Gasteiger partial charge in [-0.2, -0.15) is 0 Å². The molecule has 1 saturated carbocycles. The van der Waals surface area contributed by atoms with Crippen LogP contribution in [-0.2, 0) is 16.1 Å². The van der Waals surface area contributed by atoms with E-state index in [2.05, 4.69) is 0 Å². The summed E-state index contributed by atoms with van der Waals surface area (Å²) in [5.74, 6) is -0.655. The number of carbonyl (C=O) groups is 2. The third kappa shape index (κ3) is 4.44. The van der Waals surface area contributed by atoms with Crippen LogP contribution in [0.1, 0.15) is 29.9 Å². The van der Waals surface area contributed by atoms with Gasteiger partial charge in [-0.05, 0) is 35.6 Å². The molecule has 2 aromatic carbocycles. The zero-order valence-electron chi connectivity index (χ0n) is 13.9. The SMILES string of the molecule is NC(=O)CCN(Cc1ccccc1)C(=O)[C@H]1C[C@@H]1c1ccc(F)cc1. The molecule has 0 heterocycles. The molecule has 0 unspecified atom stereocenters. The molecule has 0 saturated heterocycles. The maximum Gasteiger partial charge on any atom is 0.226 e. The molecule has 0 radical (unpaired) electrons. The number of benzene rings is 2. The first-order valence-electron chi connectivity index (χ1n) is 8.41. The summed E-state index contributed by atoms with van der Waals surface area (Å²) in [4.78, 5) is 25.7. The van der Waals surface area contributed by atoms with Crippen LogP contribution >= 0.6 is 0 Å². The summed E-state index contributed by atoms with van der Waals surface area (Å²) in [6, 6.07) is 16.0. The number of nitrogens with zero attached hydrogens (tertiary/aromatic N) is 1. The predicted octanol–water partition coefficient (Wildman–Crippen LogP) is 2.83. The van der Waals surface area contributed by atoms with Crippen molar-refractivity contribution in [1.82, 2.24) is 4.90 Å². The lowest BCUT2D eigenvalue weighted by Gasteiger charge is -2.22. The Kier molecular flexibility index (Phi) is 5.12. The highest BCUT2D eigenvalue weighted by Crippen LogP contribution is 2.48. The average Bonchev–Trinajstić information content (AvgIpc) is 3.40. The van der Waals surface area contributed by atoms with Gasteiger partial charge in [0.1, 0.15) is 5.82 Å². The van der Waals surface area contributed by atoms with Gasteiger partial charge in [-0.15, -0.1) is 0 Å². The lowest BCUT2D eigenvalue weighted by molar-refractivity contribution is -0.133. The summed E-state index contributed by atoms with van der Waals surface area (Å²) < 4.78 is 13.1. The van der Waals surface area contributed by atoms with E-state index >= 15 is 0 Å². The minimum atomic E-state index is -0.420. The number of amides is 2. The molecule has 1 aliphatic carbocycles. The molecule has 5 heteroatoms. The van der Waals surface area contributed by atoms with Gasteiger partial charge in [-0.3, -0.25) is 9.59 Å². The summed E-state index contributed by atoms with van der Waals surface area (Å²) in [5, 5.41) is 0. The van der Waals surface area contributed by atoms with Gasteiger partial charge in [0.05, 0.1) is 0 Å². The summed E-state index contributed by atoms with van der Waals surface area (Å²) in [7, 11) is 0. The molecule has 1 aliphatic rings. The first-order chi connectivity index (χ1) is 12.0. The van der Waals surface area contributed by atoms with Crippen molar-refractivity contribution in [2.24, 2.45) is 11.7 Å². The molecule has 0 aromatic heterocycles. The lowest BCUT2D eigenvalue weighted by atomic mass is 10.1. The summed E-state index contributed by atoms with van der Waals surface area (Å²) in [6.07, 6.45) is 0.902. The highest BCUT2D eigenvalue weighted by Gasteiger charge is 2.45. The number of hydrogen-bond acceptors (Lipinski definition) is 2. The standard InChI is InChI=1S/C20H21FN2O2/c21-16-8-6-15(7-9-16)17-12-18(17)20(25)23(11-10-19(22)24)13-14-4-2-1-3-5-14/h1-9,17-18H,10-13H2,(H2,22,24)/t17-,18+/m1/s1. The Balaban J connectivity index is 1.68. The molecular formula is C20H21FN2O2. The third-order valence-electron chi connectivity index (χ3n) is 4.56. The topological polar surface area (TPSA) is 63.4 Å². The molecule has 1 fully saturated rings. The van der Waals surface area contributed by atoms with Crippen LogP contribution in [0.3, 0.4) is 0 Å². The van der Waals surface area contributed by atoms with Crippen molar-refractivity contribution in [3.63, 3.8) is 0 Å². The maximum absolute atomic E-state index is 13.1. The monoisotopic (exact) mass is 340 g/mol. The molecular weight excluding hydrogens is 319 g/mol. The van der Waals surface area contributed by atoms with Crippen molar-refractivity contribution in [2.75, 3.05) is 6.54 Å². The normalized spacial score (nSPS) is 18.6. The fourth-order valence-corrected chi connectivity index (χ4v) is 3.10. The largest absolute Gasteiger partial charge is 0.370 e. The number of nitrogens with two attached hydrogens (primary N) is 1. The first-order valence-corrected chi connectivity index (χ1v) is 8.41. The fourth-order valence-electron chi connectivity index (χ4n) is 3.10. The highest BCUT2D eigenvalue weighted by atomic mass is 19.1. The molecule has 25 heavy (non-hydrogen) atoms. The van der Waals surface area contributed by atoms with Gasteiger partial charge >= 0.3 is 0 Å². The predicted molar refractivity (Wildman–Crippen MR) is 92.9 cm³/mol. The Morgan fingerprint density at radius 3 is 2.40 bits per heavy atom. The molecule has 4 nitrogen and oxygen atoms in total. The average molecular weight is 340 g/mol. The van der Waals surface area contributed by atoms with E-state index in [1.54, 1.807) is 17.0 Å². The molecule has 3 rings (SSSR count). The molecule has 2 amide bonds. The van der Waals surface area contributed by atoms with E-state index in [9.17, 15) is 14.0 Å². The summed E-state index contributed by atoms with van der Waals surface area (Å²) in [6.45, 7) is 0.773. The van der Waals surface area contributed by atoms with Crippen molar-refractivity contribution in [3.05, 3.63) is 71.5 Å². The van der Waals surface area contributed by atoms with Gasteiger partial charge in [-0.25, -0.2) is 4.39 Å². The molecule has 2 N–H and O–H groups in total. The smallest absolute Gasteiger partial charge is 0.226 e. The number of primary amides is 1. The van der Waals surface area contributed by atoms with Gasteiger partial charge in [0, 0.05) is 25.4 Å². The van der Waals surface area contributed by atoms with Crippen molar-refractivity contribution < 1.29 is 14.0 Å². The van der Waals surface area contributed by atoms with Crippen molar-refractivity contribution in [3.8, 4) is 0 Å². The quantitative estimate of drug-likeness (QED) is 0.842. The van der Waals surface area contributed by atoms with Crippen LogP contribution in [0.25, 0.3) is 0 Å². The van der Waals surface area contributed by atoms with E-state index in [4.69, 9.17) is 5.73 Å². The molecule has 0 bridgehead atoms. The number of rotatable bonds is 7. The number of hydrogen-bond donors (Lipinski definition) is 1. The Morgan fingerprint density at radius 2 is 1.76 bits per heavy atom. The van der Waals surface area contributed by atoms with Crippen LogP contribution in [0.2, 0.25) is 0 Å². The van der Waals surface area contributed by atoms with Gasteiger partial charge in [0.15, 0.2) is 0 Å². The lowest BCUT2D eigenvalue weighted by Crippen LogP contribution is -2.35. The second-order valence-electron chi connectivity index (χ2n) is 6.46. The van der Waals surface area contributed by atoms with Crippen molar-refractivity contribution in [1.29, 1.82) is 0 Å². The van der Waals surface area contributed by atoms with Crippen molar-refractivity contribution >= 4 is 11.8 Å². The Morgan fingerprint density at radius 1 is 1.08 bits per heavy atom. The third-order valence-corrected chi connectivity index (χ3v) is 4.56.